The monoisotopic (exact) mass is 270 g/mol. The Balaban J connectivity index is 1.68. The van der Waals surface area contributed by atoms with Crippen molar-refractivity contribution in [3.8, 4) is 0 Å². The molecule has 1 aliphatic rings. The predicted molar refractivity (Wildman–Crippen MR) is 69.7 cm³/mol. The summed E-state index contributed by atoms with van der Waals surface area (Å²) in [6.07, 6.45) is 1.27. The average molecular weight is 270 g/mol. The Labute approximate surface area is 110 Å². The summed E-state index contributed by atoms with van der Waals surface area (Å²) in [5, 5.41) is 19.1. The van der Waals surface area contributed by atoms with Crippen LogP contribution in [0, 0.1) is 0 Å². The number of carbonyl (C=O) groups is 1. The number of ether oxygens (including phenoxy) is 1. The highest BCUT2D eigenvalue weighted by Crippen LogP contribution is 2.15. The molecule has 0 spiro atoms. The maximum absolute atomic E-state index is 11.6. The van der Waals surface area contributed by atoms with Crippen LogP contribution in [0.2, 0.25) is 0 Å². The molecule has 2 rings (SSSR count). The number of hydrogen-bond donors (Lipinski definition) is 3. The van der Waals surface area contributed by atoms with E-state index in [0.717, 1.165) is 25.0 Å². The number of urea groups is 1. The van der Waals surface area contributed by atoms with Gasteiger partial charge in [-0.05, 0) is 35.2 Å². The summed E-state index contributed by atoms with van der Waals surface area (Å²) < 4.78 is 5.28. The molecule has 0 bridgehead atoms. The zero-order valence-electron chi connectivity index (χ0n) is 10.1. The molecule has 0 aliphatic carbocycles. The predicted octanol–water partition coefficient (Wildman–Crippen LogP) is 1.26. The van der Waals surface area contributed by atoms with Crippen molar-refractivity contribution in [2.24, 2.45) is 0 Å². The smallest absolute Gasteiger partial charge is 0.315 e. The number of aliphatic hydroxyl groups is 1. The average Bonchev–Trinajstić information content (AvgIpc) is 2.91. The van der Waals surface area contributed by atoms with Crippen LogP contribution in [-0.4, -0.2) is 36.9 Å². The van der Waals surface area contributed by atoms with Crippen LogP contribution >= 0.6 is 11.3 Å². The summed E-state index contributed by atoms with van der Waals surface area (Å²) in [5.41, 5.74) is 0.835. The van der Waals surface area contributed by atoms with E-state index in [1.807, 2.05) is 16.8 Å². The fourth-order valence-corrected chi connectivity index (χ4v) is 2.57. The highest BCUT2D eigenvalue weighted by Gasteiger charge is 2.16. The first kappa shape index (κ1) is 13.3. The van der Waals surface area contributed by atoms with Crippen LogP contribution in [0.5, 0.6) is 0 Å². The Kier molecular flexibility index (Phi) is 4.98. The standard InChI is InChI=1S/C12H18N2O3S/c15-11(9-3-5-18-8-9)6-13-12(16)14-10-2-1-4-17-7-10/h3,5,8,10-11,15H,1-2,4,6-7H2,(H2,13,14,16)/t10-,11+/m1/s1. The third-order valence-electron chi connectivity index (χ3n) is 2.88. The molecule has 18 heavy (non-hydrogen) atoms. The molecule has 3 N–H and O–H groups in total. The van der Waals surface area contributed by atoms with Gasteiger partial charge in [0.15, 0.2) is 0 Å². The van der Waals surface area contributed by atoms with Gasteiger partial charge in [-0.1, -0.05) is 0 Å². The molecule has 2 amide bonds. The zero-order chi connectivity index (χ0) is 12.8. The molecule has 100 valence electrons. The lowest BCUT2D eigenvalue weighted by Gasteiger charge is -2.23. The Morgan fingerprint density at radius 3 is 3.22 bits per heavy atom. The van der Waals surface area contributed by atoms with Crippen molar-refractivity contribution in [3.63, 3.8) is 0 Å². The number of amides is 2. The van der Waals surface area contributed by atoms with Gasteiger partial charge in [-0.25, -0.2) is 4.79 Å². The van der Waals surface area contributed by atoms with Crippen LogP contribution in [0.1, 0.15) is 24.5 Å². The Hall–Kier alpha value is -1.11. The molecular formula is C12H18N2O3S. The van der Waals surface area contributed by atoms with Crippen molar-refractivity contribution in [2.75, 3.05) is 19.8 Å². The van der Waals surface area contributed by atoms with Gasteiger partial charge in [-0.15, -0.1) is 0 Å². The first-order valence-electron chi connectivity index (χ1n) is 6.08. The largest absolute Gasteiger partial charge is 0.387 e. The number of nitrogens with one attached hydrogen (secondary N) is 2. The highest BCUT2D eigenvalue weighted by molar-refractivity contribution is 7.07. The van der Waals surface area contributed by atoms with Crippen LogP contribution in [-0.2, 0) is 4.74 Å². The number of carbonyl (C=O) groups excluding carboxylic acids is 1. The van der Waals surface area contributed by atoms with Gasteiger partial charge in [0.1, 0.15) is 0 Å². The third kappa shape index (κ3) is 3.97. The topological polar surface area (TPSA) is 70.6 Å². The number of hydrogen-bond acceptors (Lipinski definition) is 4. The normalized spacial score (nSPS) is 21.3. The Bertz CT molecular complexity index is 363. The summed E-state index contributed by atoms with van der Waals surface area (Å²) in [6.45, 7) is 1.56. The van der Waals surface area contributed by atoms with Gasteiger partial charge < -0.3 is 20.5 Å². The lowest BCUT2D eigenvalue weighted by atomic mass is 10.1. The fraction of sp³-hybridized carbons (Fsp3) is 0.583. The second-order valence-electron chi connectivity index (χ2n) is 4.34. The molecule has 1 aliphatic heterocycles. The molecule has 0 radical (unpaired) electrons. The van der Waals surface area contributed by atoms with E-state index in [-0.39, 0.29) is 18.6 Å². The van der Waals surface area contributed by atoms with Crippen LogP contribution in [0.3, 0.4) is 0 Å². The van der Waals surface area contributed by atoms with Gasteiger partial charge in [0, 0.05) is 13.2 Å². The van der Waals surface area contributed by atoms with Crippen LogP contribution in [0.4, 0.5) is 4.79 Å². The van der Waals surface area contributed by atoms with Gasteiger partial charge in [-0.2, -0.15) is 11.3 Å². The zero-order valence-corrected chi connectivity index (χ0v) is 10.9. The van der Waals surface area contributed by atoms with Crippen molar-refractivity contribution in [3.05, 3.63) is 22.4 Å². The number of aliphatic hydroxyl groups excluding tert-OH is 1. The van der Waals surface area contributed by atoms with Gasteiger partial charge in [-0.3, -0.25) is 0 Å². The summed E-state index contributed by atoms with van der Waals surface area (Å²) in [7, 11) is 0. The quantitative estimate of drug-likeness (QED) is 0.771. The molecule has 2 heterocycles. The minimum atomic E-state index is -0.649. The molecule has 5 nitrogen and oxygen atoms in total. The molecule has 1 saturated heterocycles. The van der Waals surface area contributed by atoms with E-state index in [4.69, 9.17) is 4.74 Å². The molecule has 1 aromatic heterocycles. The lowest BCUT2D eigenvalue weighted by Crippen LogP contribution is -2.46. The molecule has 6 heteroatoms. The van der Waals surface area contributed by atoms with Gasteiger partial charge in [0.2, 0.25) is 0 Å². The highest BCUT2D eigenvalue weighted by atomic mass is 32.1. The minimum absolute atomic E-state index is 0.0806. The molecule has 1 aromatic rings. The number of thiophene rings is 1. The van der Waals surface area contributed by atoms with Crippen molar-refractivity contribution < 1.29 is 14.6 Å². The van der Waals surface area contributed by atoms with Crippen molar-refractivity contribution in [2.45, 2.75) is 25.0 Å². The molecule has 0 saturated carbocycles. The Morgan fingerprint density at radius 2 is 2.56 bits per heavy atom. The fourth-order valence-electron chi connectivity index (χ4n) is 1.86. The second-order valence-corrected chi connectivity index (χ2v) is 5.12. The van der Waals surface area contributed by atoms with Crippen LogP contribution in [0.15, 0.2) is 16.8 Å². The maximum Gasteiger partial charge on any atom is 0.315 e. The van der Waals surface area contributed by atoms with Gasteiger partial charge in [0.25, 0.3) is 0 Å². The van der Waals surface area contributed by atoms with Crippen molar-refractivity contribution >= 4 is 17.4 Å². The second kappa shape index (κ2) is 6.72. The summed E-state index contributed by atoms with van der Waals surface area (Å²) in [5.74, 6) is 0. The Morgan fingerprint density at radius 1 is 1.67 bits per heavy atom. The van der Waals surface area contributed by atoms with E-state index in [0.29, 0.717) is 6.61 Å². The van der Waals surface area contributed by atoms with Crippen molar-refractivity contribution in [1.82, 2.24) is 10.6 Å². The maximum atomic E-state index is 11.6. The third-order valence-corrected chi connectivity index (χ3v) is 3.58. The first-order valence-corrected chi connectivity index (χ1v) is 7.02. The van der Waals surface area contributed by atoms with Crippen molar-refractivity contribution in [1.29, 1.82) is 0 Å². The van der Waals surface area contributed by atoms with E-state index in [1.165, 1.54) is 11.3 Å². The van der Waals surface area contributed by atoms with E-state index in [2.05, 4.69) is 10.6 Å². The molecule has 1 fully saturated rings. The molecule has 2 atom stereocenters. The summed E-state index contributed by atoms with van der Waals surface area (Å²) in [6, 6.07) is 1.68. The SMILES string of the molecule is O=C(NC[C@H](O)c1ccsc1)N[C@@H]1CCCOC1. The van der Waals surface area contributed by atoms with E-state index in [9.17, 15) is 9.90 Å². The molecular weight excluding hydrogens is 252 g/mol. The molecule has 0 unspecified atom stereocenters. The lowest BCUT2D eigenvalue weighted by molar-refractivity contribution is 0.0729. The first-order chi connectivity index (χ1) is 8.75. The minimum Gasteiger partial charge on any atom is -0.387 e. The van der Waals surface area contributed by atoms with Gasteiger partial charge >= 0.3 is 6.03 Å². The van der Waals surface area contributed by atoms with E-state index in [1.54, 1.807) is 0 Å². The summed E-state index contributed by atoms with van der Waals surface area (Å²) >= 11 is 1.53. The van der Waals surface area contributed by atoms with E-state index < -0.39 is 6.10 Å². The summed E-state index contributed by atoms with van der Waals surface area (Å²) in [4.78, 5) is 11.6. The van der Waals surface area contributed by atoms with Crippen LogP contribution in [0.25, 0.3) is 0 Å². The van der Waals surface area contributed by atoms with E-state index >= 15 is 0 Å². The van der Waals surface area contributed by atoms with Crippen LogP contribution < -0.4 is 10.6 Å². The molecule has 0 aromatic carbocycles. The number of rotatable bonds is 4. The van der Waals surface area contributed by atoms with Gasteiger partial charge in [0.05, 0.1) is 18.8 Å².